The predicted octanol–water partition coefficient (Wildman–Crippen LogP) is 2.36. The summed E-state index contributed by atoms with van der Waals surface area (Å²) in [7, 11) is 1.95. The van der Waals surface area contributed by atoms with E-state index in [2.05, 4.69) is 23.5 Å². The van der Waals surface area contributed by atoms with Crippen LogP contribution in [-0.4, -0.2) is 29.5 Å². The molecule has 0 aliphatic carbocycles. The second-order valence-corrected chi connectivity index (χ2v) is 5.21. The molecule has 0 spiro atoms. The number of hydrogen-bond acceptors (Lipinski definition) is 4. The quantitative estimate of drug-likeness (QED) is 0.858. The zero-order valence-corrected chi connectivity index (χ0v) is 12.6. The van der Waals surface area contributed by atoms with Crippen molar-refractivity contribution in [2.45, 2.75) is 19.9 Å². The zero-order chi connectivity index (χ0) is 14.7. The third kappa shape index (κ3) is 3.03. The van der Waals surface area contributed by atoms with Gasteiger partial charge in [-0.15, -0.1) is 0 Å². The Hall–Kier alpha value is -2.01. The number of aromatic nitrogens is 2. The van der Waals surface area contributed by atoms with Crippen LogP contribution in [0.25, 0.3) is 11.3 Å². The second-order valence-electron chi connectivity index (χ2n) is 5.21. The van der Waals surface area contributed by atoms with Crippen LogP contribution in [0.5, 0.6) is 11.5 Å². The molecule has 2 aromatic rings. The van der Waals surface area contributed by atoms with Gasteiger partial charge in [-0.2, -0.15) is 5.10 Å². The van der Waals surface area contributed by atoms with E-state index in [1.54, 1.807) is 0 Å². The molecular formula is C16H21N3O2. The molecule has 0 bridgehead atoms. The van der Waals surface area contributed by atoms with E-state index in [9.17, 15) is 0 Å². The fraction of sp³-hybridized carbons (Fsp3) is 0.438. The van der Waals surface area contributed by atoms with Gasteiger partial charge in [0.05, 0.1) is 5.69 Å². The molecule has 1 aliphatic heterocycles. The van der Waals surface area contributed by atoms with E-state index < -0.39 is 0 Å². The summed E-state index contributed by atoms with van der Waals surface area (Å²) in [4.78, 5) is 0. The van der Waals surface area contributed by atoms with Crippen molar-refractivity contribution in [1.82, 2.24) is 15.1 Å². The van der Waals surface area contributed by atoms with Gasteiger partial charge < -0.3 is 14.8 Å². The van der Waals surface area contributed by atoms with E-state index in [-0.39, 0.29) is 0 Å². The largest absolute Gasteiger partial charge is 0.486 e. The van der Waals surface area contributed by atoms with Crippen molar-refractivity contribution in [1.29, 1.82) is 0 Å². The van der Waals surface area contributed by atoms with Crippen LogP contribution >= 0.6 is 0 Å². The second kappa shape index (κ2) is 6.18. The van der Waals surface area contributed by atoms with Crippen molar-refractivity contribution in [3.63, 3.8) is 0 Å². The lowest BCUT2D eigenvalue weighted by atomic mass is 10.1. The summed E-state index contributed by atoms with van der Waals surface area (Å²) in [5.74, 6) is 1.61. The maximum absolute atomic E-state index is 5.66. The van der Waals surface area contributed by atoms with Crippen molar-refractivity contribution in [2.75, 3.05) is 19.8 Å². The van der Waals surface area contributed by atoms with Crippen molar-refractivity contribution < 1.29 is 9.47 Å². The first-order chi connectivity index (χ1) is 10.3. The molecule has 0 saturated heterocycles. The summed E-state index contributed by atoms with van der Waals surface area (Å²) in [5, 5.41) is 8.02. The Morgan fingerprint density at radius 1 is 1.24 bits per heavy atom. The van der Waals surface area contributed by atoms with Gasteiger partial charge in [0, 0.05) is 30.9 Å². The molecule has 2 heterocycles. The molecule has 0 fully saturated rings. The van der Waals surface area contributed by atoms with Crippen LogP contribution in [0.1, 0.15) is 18.9 Å². The predicted molar refractivity (Wildman–Crippen MR) is 81.6 cm³/mol. The lowest BCUT2D eigenvalue weighted by Crippen LogP contribution is -2.15. The van der Waals surface area contributed by atoms with E-state index in [0.29, 0.717) is 13.2 Å². The third-order valence-corrected chi connectivity index (χ3v) is 3.46. The maximum atomic E-state index is 5.66. The standard InChI is InChI=1S/C16H21N3O2/c1-3-6-17-10-13-11-19(2)18-16(13)12-4-5-14-15(9-12)21-8-7-20-14/h4-5,9,11,17H,3,6-8,10H2,1-2H3. The fourth-order valence-corrected chi connectivity index (χ4v) is 2.50. The summed E-state index contributed by atoms with van der Waals surface area (Å²) < 4.78 is 13.1. The minimum atomic E-state index is 0.601. The molecular weight excluding hydrogens is 266 g/mol. The molecule has 1 aromatic carbocycles. The molecule has 3 rings (SSSR count). The van der Waals surface area contributed by atoms with E-state index in [4.69, 9.17) is 9.47 Å². The molecule has 0 unspecified atom stereocenters. The molecule has 5 nitrogen and oxygen atoms in total. The highest BCUT2D eigenvalue weighted by Gasteiger charge is 2.15. The Bertz CT molecular complexity index is 622. The normalized spacial score (nSPS) is 13.4. The van der Waals surface area contributed by atoms with E-state index in [0.717, 1.165) is 42.3 Å². The molecule has 5 heteroatoms. The summed E-state index contributed by atoms with van der Waals surface area (Å²) in [6.45, 7) is 5.21. The van der Waals surface area contributed by atoms with Crippen LogP contribution in [-0.2, 0) is 13.6 Å². The Labute approximate surface area is 124 Å². The Morgan fingerprint density at radius 2 is 2.05 bits per heavy atom. The van der Waals surface area contributed by atoms with Gasteiger partial charge in [-0.05, 0) is 31.2 Å². The number of aryl methyl sites for hydroxylation is 1. The smallest absolute Gasteiger partial charge is 0.162 e. The highest BCUT2D eigenvalue weighted by Crippen LogP contribution is 2.34. The topological polar surface area (TPSA) is 48.3 Å². The number of nitrogens with zero attached hydrogens (tertiary/aromatic N) is 2. The van der Waals surface area contributed by atoms with Crippen molar-refractivity contribution in [2.24, 2.45) is 7.05 Å². The number of nitrogens with one attached hydrogen (secondary N) is 1. The number of fused-ring (bicyclic) bond motifs is 1. The molecule has 0 radical (unpaired) electrons. The van der Waals surface area contributed by atoms with Gasteiger partial charge in [0.2, 0.25) is 0 Å². The first kappa shape index (κ1) is 13.9. The van der Waals surface area contributed by atoms with Gasteiger partial charge in [0.15, 0.2) is 11.5 Å². The molecule has 1 aromatic heterocycles. The number of benzene rings is 1. The van der Waals surface area contributed by atoms with Gasteiger partial charge in [-0.3, -0.25) is 4.68 Å². The zero-order valence-electron chi connectivity index (χ0n) is 12.6. The highest BCUT2D eigenvalue weighted by atomic mass is 16.6. The first-order valence-corrected chi connectivity index (χ1v) is 7.41. The van der Waals surface area contributed by atoms with Gasteiger partial charge in [0.25, 0.3) is 0 Å². The van der Waals surface area contributed by atoms with Gasteiger partial charge in [-0.25, -0.2) is 0 Å². The highest BCUT2D eigenvalue weighted by molar-refractivity contribution is 5.66. The van der Waals surface area contributed by atoms with Crippen molar-refractivity contribution in [3.8, 4) is 22.8 Å². The van der Waals surface area contributed by atoms with Crippen molar-refractivity contribution in [3.05, 3.63) is 30.0 Å². The average Bonchev–Trinajstić information content (AvgIpc) is 2.88. The molecule has 0 saturated carbocycles. The van der Waals surface area contributed by atoms with Gasteiger partial charge >= 0.3 is 0 Å². The Balaban J connectivity index is 1.89. The van der Waals surface area contributed by atoms with E-state index in [1.165, 1.54) is 5.56 Å². The number of ether oxygens (including phenoxy) is 2. The monoisotopic (exact) mass is 287 g/mol. The van der Waals surface area contributed by atoms with E-state index >= 15 is 0 Å². The summed E-state index contributed by atoms with van der Waals surface area (Å²) in [5.41, 5.74) is 3.26. The summed E-state index contributed by atoms with van der Waals surface area (Å²) >= 11 is 0. The molecule has 1 N–H and O–H groups in total. The van der Waals surface area contributed by atoms with Crippen LogP contribution in [0.15, 0.2) is 24.4 Å². The molecule has 1 aliphatic rings. The summed E-state index contributed by atoms with van der Waals surface area (Å²) in [6, 6.07) is 6.01. The minimum absolute atomic E-state index is 0.601. The minimum Gasteiger partial charge on any atom is -0.486 e. The van der Waals surface area contributed by atoms with Crippen LogP contribution in [0.4, 0.5) is 0 Å². The van der Waals surface area contributed by atoms with Crippen LogP contribution in [0.3, 0.4) is 0 Å². The molecule has 21 heavy (non-hydrogen) atoms. The number of rotatable bonds is 5. The third-order valence-electron chi connectivity index (χ3n) is 3.46. The van der Waals surface area contributed by atoms with Gasteiger partial charge in [-0.1, -0.05) is 6.92 Å². The SMILES string of the molecule is CCCNCc1cn(C)nc1-c1ccc2c(c1)OCCO2. The van der Waals surface area contributed by atoms with Crippen LogP contribution in [0.2, 0.25) is 0 Å². The molecule has 0 atom stereocenters. The summed E-state index contributed by atoms with van der Waals surface area (Å²) in [6.07, 6.45) is 3.19. The van der Waals surface area contributed by atoms with Crippen LogP contribution < -0.4 is 14.8 Å². The first-order valence-electron chi connectivity index (χ1n) is 7.41. The average molecular weight is 287 g/mol. The molecule has 0 amide bonds. The Morgan fingerprint density at radius 3 is 2.86 bits per heavy atom. The lowest BCUT2D eigenvalue weighted by Gasteiger charge is -2.18. The Kier molecular flexibility index (Phi) is 4.10. The van der Waals surface area contributed by atoms with Gasteiger partial charge in [0.1, 0.15) is 13.2 Å². The number of hydrogen-bond donors (Lipinski definition) is 1. The van der Waals surface area contributed by atoms with Crippen LogP contribution in [0, 0.1) is 0 Å². The fourth-order valence-electron chi connectivity index (χ4n) is 2.50. The van der Waals surface area contributed by atoms with Crippen molar-refractivity contribution >= 4 is 0 Å². The van der Waals surface area contributed by atoms with E-state index in [1.807, 2.05) is 29.9 Å². The lowest BCUT2D eigenvalue weighted by molar-refractivity contribution is 0.171. The molecule has 112 valence electrons. The maximum Gasteiger partial charge on any atom is 0.162 e.